The first-order valence-corrected chi connectivity index (χ1v) is 5.38. The van der Waals surface area contributed by atoms with Crippen molar-refractivity contribution in [2.75, 3.05) is 0 Å². The molecule has 0 heterocycles. The van der Waals surface area contributed by atoms with Crippen molar-refractivity contribution in [2.24, 2.45) is 34.5 Å². The summed E-state index contributed by atoms with van der Waals surface area (Å²) in [7, 11) is 0. The van der Waals surface area contributed by atoms with Crippen molar-refractivity contribution in [3.05, 3.63) is 0 Å². The van der Waals surface area contributed by atoms with Crippen LogP contribution in [0.2, 0.25) is 0 Å². The molecule has 0 N–H and O–H groups in total. The van der Waals surface area contributed by atoms with E-state index in [-0.39, 0.29) is 0 Å². The van der Waals surface area contributed by atoms with E-state index in [1.807, 2.05) is 0 Å². The first-order valence-electron chi connectivity index (χ1n) is 5.38. The summed E-state index contributed by atoms with van der Waals surface area (Å²) in [6, 6.07) is 0. The third-order valence-electron chi connectivity index (χ3n) is 6.44. The minimum Gasteiger partial charge on any atom is -0.0617 e. The lowest BCUT2D eigenvalue weighted by molar-refractivity contribution is -0.332. The standard InChI is InChI=1S/C12H22/c1-7-8(2)12(6)10(4)9(3)11(7,12)5/h7-10H,1-6H3/t7-,8+,9+,10-,11?,12?. The summed E-state index contributed by atoms with van der Waals surface area (Å²) in [6.07, 6.45) is 0. The highest BCUT2D eigenvalue weighted by atomic mass is 14.8. The molecular formula is C12H22. The summed E-state index contributed by atoms with van der Waals surface area (Å²) in [4.78, 5) is 0. The van der Waals surface area contributed by atoms with Crippen LogP contribution < -0.4 is 0 Å². The van der Waals surface area contributed by atoms with Crippen molar-refractivity contribution in [3.8, 4) is 0 Å². The maximum absolute atomic E-state index is 2.50. The summed E-state index contributed by atoms with van der Waals surface area (Å²) in [5.74, 6) is 3.75. The predicted octanol–water partition coefficient (Wildman–Crippen LogP) is 3.57. The number of fused-ring (bicyclic) bond motifs is 1. The van der Waals surface area contributed by atoms with E-state index >= 15 is 0 Å². The molecule has 0 saturated heterocycles. The molecule has 0 spiro atoms. The van der Waals surface area contributed by atoms with E-state index in [1.54, 1.807) is 0 Å². The van der Waals surface area contributed by atoms with E-state index in [2.05, 4.69) is 41.5 Å². The van der Waals surface area contributed by atoms with Crippen molar-refractivity contribution in [1.82, 2.24) is 0 Å². The Morgan fingerprint density at radius 3 is 0.917 bits per heavy atom. The van der Waals surface area contributed by atoms with Crippen molar-refractivity contribution in [3.63, 3.8) is 0 Å². The summed E-state index contributed by atoms with van der Waals surface area (Å²) >= 11 is 0. The molecular weight excluding hydrogens is 144 g/mol. The summed E-state index contributed by atoms with van der Waals surface area (Å²) in [6.45, 7) is 14.8. The molecule has 70 valence electrons. The Labute approximate surface area is 76.7 Å². The molecule has 0 aliphatic heterocycles. The fourth-order valence-electron chi connectivity index (χ4n) is 4.68. The lowest BCUT2D eigenvalue weighted by Crippen LogP contribution is -2.76. The Bertz CT molecular complexity index is 176. The highest BCUT2D eigenvalue weighted by Crippen LogP contribution is 2.80. The molecule has 0 heteroatoms. The van der Waals surface area contributed by atoms with Crippen molar-refractivity contribution in [2.45, 2.75) is 41.5 Å². The van der Waals surface area contributed by atoms with Crippen LogP contribution >= 0.6 is 0 Å². The minimum absolute atomic E-state index is 0.659. The van der Waals surface area contributed by atoms with Gasteiger partial charge in [0.2, 0.25) is 0 Å². The molecule has 0 bridgehead atoms. The monoisotopic (exact) mass is 166 g/mol. The molecule has 0 aromatic carbocycles. The van der Waals surface area contributed by atoms with Gasteiger partial charge in [-0.05, 0) is 34.5 Å². The average Bonchev–Trinajstić information content (AvgIpc) is 2.10. The molecule has 2 rings (SSSR count). The molecule has 0 aromatic heterocycles. The maximum Gasteiger partial charge on any atom is -0.0210 e. The topological polar surface area (TPSA) is 0 Å². The smallest absolute Gasteiger partial charge is 0.0210 e. The van der Waals surface area contributed by atoms with E-state index < -0.39 is 0 Å². The van der Waals surface area contributed by atoms with Gasteiger partial charge in [0.05, 0.1) is 0 Å². The predicted molar refractivity (Wildman–Crippen MR) is 52.9 cm³/mol. The first kappa shape index (κ1) is 8.59. The fourth-order valence-corrected chi connectivity index (χ4v) is 4.68. The van der Waals surface area contributed by atoms with Gasteiger partial charge in [0.25, 0.3) is 0 Å². The molecule has 2 fully saturated rings. The largest absolute Gasteiger partial charge is 0.0617 e. The van der Waals surface area contributed by atoms with Crippen molar-refractivity contribution in [1.29, 1.82) is 0 Å². The zero-order valence-electron chi connectivity index (χ0n) is 9.31. The molecule has 12 heavy (non-hydrogen) atoms. The van der Waals surface area contributed by atoms with Crippen LogP contribution in [0.1, 0.15) is 41.5 Å². The first-order chi connectivity index (χ1) is 5.38. The van der Waals surface area contributed by atoms with E-state index in [9.17, 15) is 0 Å². The van der Waals surface area contributed by atoms with Crippen molar-refractivity contribution < 1.29 is 0 Å². The SMILES string of the molecule is C[C@@H]1[C@H](C)C2(C)[C@H](C)[C@H](C)C12C. The van der Waals surface area contributed by atoms with Crippen LogP contribution in [-0.4, -0.2) is 0 Å². The fraction of sp³-hybridized carbons (Fsp3) is 1.00. The molecule has 0 radical (unpaired) electrons. The molecule has 0 nitrogen and oxygen atoms in total. The second kappa shape index (κ2) is 1.91. The maximum atomic E-state index is 2.50. The van der Waals surface area contributed by atoms with Crippen molar-refractivity contribution >= 4 is 0 Å². The van der Waals surface area contributed by atoms with Gasteiger partial charge in [-0.3, -0.25) is 0 Å². The van der Waals surface area contributed by atoms with Crippen LogP contribution in [0, 0.1) is 34.5 Å². The Kier molecular flexibility index (Phi) is 1.37. The van der Waals surface area contributed by atoms with E-state index in [1.165, 1.54) is 0 Å². The van der Waals surface area contributed by atoms with Gasteiger partial charge in [-0.15, -0.1) is 0 Å². The third-order valence-corrected chi connectivity index (χ3v) is 6.44. The van der Waals surface area contributed by atoms with Gasteiger partial charge in [0.1, 0.15) is 0 Å². The average molecular weight is 166 g/mol. The summed E-state index contributed by atoms with van der Waals surface area (Å²) < 4.78 is 0. The van der Waals surface area contributed by atoms with Crippen LogP contribution in [0.25, 0.3) is 0 Å². The van der Waals surface area contributed by atoms with Crippen LogP contribution in [0.5, 0.6) is 0 Å². The molecule has 6 atom stereocenters. The summed E-state index contributed by atoms with van der Waals surface area (Å²) in [5.41, 5.74) is 1.32. The van der Waals surface area contributed by atoms with E-state index in [4.69, 9.17) is 0 Å². The molecule has 0 aromatic rings. The van der Waals surface area contributed by atoms with Crippen LogP contribution in [-0.2, 0) is 0 Å². The Hall–Kier alpha value is 0. The minimum atomic E-state index is 0.659. The number of hydrogen-bond acceptors (Lipinski definition) is 0. The zero-order valence-corrected chi connectivity index (χ0v) is 9.31. The lowest BCUT2D eigenvalue weighted by atomic mass is 9.24. The quantitative estimate of drug-likeness (QED) is 0.516. The number of rotatable bonds is 0. The molecule has 0 amide bonds. The van der Waals surface area contributed by atoms with Gasteiger partial charge in [0.15, 0.2) is 0 Å². The molecule has 2 unspecified atom stereocenters. The van der Waals surface area contributed by atoms with Crippen LogP contribution in [0.3, 0.4) is 0 Å². The van der Waals surface area contributed by atoms with E-state index in [0.29, 0.717) is 10.8 Å². The van der Waals surface area contributed by atoms with Gasteiger partial charge in [-0.25, -0.2) is 0 Å². The van der Waals surface area contributed by atoms with Gasteiger partial charge >= 0.3 is 0 Å². The Balaban J connectivity index is 2.33. The molecule has 2 aliphatic rings. The molecule has 2 saturated carbocycles. The van der Waals surface area contributed by atoms with Crippen LogP contribution in [0.15, 0.2) is 0 Å². The molecule has 2 aliphatic carbocycles. The third kappa shape index (κ3) is 0.482. The van der Waals surface area contributed by atoms with Gasteiger partial charge in [-0.2, -0.15) is 0 Å². The highest BCUT2D eigenvalue weighted by Gasteiger charge is 2.75. The Morgan fingerprint density at radius 2 is 0.750 bits per heavy atom. The van der Waals surface area contributed by atoms with Gasteiger partial charge in [0, 0.05) is 0 Å². The van der Waals surface area contributed by atoms with Crippen LogP contribution in [0.4, 0.5) is 0 Å². The zero-order chi connectivity index (χ0) is 9.31. The second-order valence-electron chi connectivity index (χ2n) is 5.72. The Morgan fingerprint density at radius 1 is 0.583 bits per heavy atom. The second-order valence-corrected chi connectivity index (χ2v) is 5.72. The van der Waals surface area contributed by atoms with Gasteiger partial charge in [-0.1, -0.05) is 41.5 Å². The summed E-state index contributed by atoms with van der Waals surface area (Å²) in [5, 5.41) is 0. The normalized spacial score (nSPS) is 69.5. The number of hydrogen-bond donors (Lipinski definition) is 0. The lowest BCUT2D eigenvalue weighted by Gasteiger charge is -2.80. The van der Waals surface area contributed by atoms with Gasteiger partial charge < -0.3 is 0 Å². The van der Waals surface area contributed by atoms with E-state index in [0.717, 1.165) is 23.7 Å². The highest BCUT2D eigenvalue weighted by molar-refractivity contribution is 5.22.